The minimum absolute atomic E-state index is 0.0530. The minimum Gasteiger partial charge on any atom is -0.481 e. The molecule has 1 saturated carbocycles. The highest BCUT2D eigenvalue weighted by atomic mass is 16.5. The SMILES string of the molecule is COC(=O)N1c2ccc3c(nc([C@H](C)Cn4cc(C)cn4)n3C3CCC(C(=O)O)CC3)c2CC[C@@H]1C. The second-order valence-corrected chi connectivity index (χ2v) is 10.5. The van der Waals surface area contributed by atoms with Crippen molar-refractivity contribution in [1.82, 2.24) is 19.3 Å². The van der Waals surface area contributed by atoms with Crippen molar-refractivity contribution in [2.24, 2.45) is 5.92 Å². The van der Waals surface area contributed by atoms with Gasteiger partial charge in [0.15, 0.2) is 0 Å². The molecule has 0 spiro atoms. The highest BCUT2D eigenvalue weighted by Gasteiger charge is 2.34. The Morgan fingerprint density at radius 3 is 2.58 bits per heavy atom. The van der Waals surface area contributed by atoms with Gasteiger partial charge < -0.3 is 14.4 Å². The molecule has 2 aliphatic rings. The second kappa shape index (κ2) is 9.59. The highest BCUT2D eigenvalue weighted by molar-refractivity contribution is 5.95. The number of hydrogen-bond donors (Lipinski definition) is 1. The maximum atomic E-state index is 12.6. The van der Waals surface area contributed by atoms with Crippen molar-refractivity contribution in [1.29, 1.82) is 0 Å². The normalized spacial score (nSPS) is 22.9. The Bertz CT molecular complexity index is 1290. The minimum atomic E-state index is -0.697. The highest BCUT2D eigenvalue weighted by Crippen LogP contribution is 2.41. The number of rotatable bonds is 5. The number of aliphatic carboxylic acids is 1. The van der Waals surface area contributed by atoms with E-state index in [1.165, 1.54) is 7.11 Å². The van der Waals surface area contributed by atoms with Crippen LogP contribution < -0.4 is 4.90 Å². The summed E-state index contributed by atoms with van der Waals surface area (Å²) in [6.07, 6.45) is 8.20. The number of carboxylic acids is 1. The van der Waals surface area contributed by atoms with Gasteiger partial charge in [-0.1, -0.05) is 6.92 Å². The van der Waals surface area contributed by atoms with Gasteiger partial charge in [0, 0.05) is 29.8 Å². The van der Waals surface area contributed by atoms with Gasteiger partial charge in [-0.05, 0) is 70.1 Å². The van der Waals surface area contributed by atoms with E-state index in [0.29, 0.717) is 19.4 Å². The van der Waals surface area contributed by atoms with E-state index < -0.39 is 5.97 Å². The first-order valence-electron chi connectivity index (χ1n) is 12.9. The van der Waals surface area contributed by atoms with Crippen LogP contribution in [0.1, 0.15) is 74.9 Å². The zero-order valence-corrected chi connectivity index (χ0v) is 21.5. The predicted octanol–water partition coefficient (Wildman–Crippen LogP) is 5.07. The molecule has 36 heavy (non-hydrogen) atoms. The smallest absolute Gasteiger partial charge is 0.414 e. The standard InChI is InChI=1S/C27H35N5O4/c1-16-13-28-30(14-16)15-17(2)25-29-24-21-10-5-18(3)31(27(35)36-4)22(21)11-12-23(24)32(25)20-8-6-19(7-9-20)26(33)34/h11-14,17-20H,5-10,15H2,1-4H3,(H,33,34)/t17-,18+,19?,20?/m1/s1. The summed E-state index contributed by atoms with van der Waals surface area (Å²) in [4.78, 5) is 31.2. The van der Waals surface area contributed by atoms with E-state index in [1.807, 2.05) is 37.0 Å². The molecule has 192 valence electrons. The summed E-state index contributed by atoms with van der Waals surface area (Å²) in [6, 6.07) is 4.35. The van der Waals surface area contributed by atoms with Crippen molar-refractivity contribution in [2.75, 3.05) is 12.0 Å². The Morgan fingerprint density at radius 1 is 1.19 bits per heavy atom. The Kier molecular flexibility index (Phi) is 6.49. The monoisotopic (exact) mass is 493 g/mol. The number of aryl methyl sites for hydroxylation is 2. The number of carbonyl (C=O) groups excluding carboxylic acids is 1. The number of imidazole rings is 1. The van der Waals surface area contributed by atoms with Crippen LogP contribution >= 0.6 is 0 Å². The average Bonchev–Trinajstić information content (AvgIpc) is 3.46. The molecule has 9 heteroatoms. The maximum absolute atomic E-state index is 12.6. The number of carboxylic acid groups (broad SMARTS) is 1. The summed E-state index contributed by atoms with van der Waals surface area (Å²) in [5.74, 6) is 0.127. The number of ether oxygens (including phenoxy) is 1. The van der Waals surface area contributed by atoms with E-state index in [-0.39, 0.29) is 30.0 Å². The molecule has 2 atom stereocenters. The van der Waals surface area contributed by atoms with Gasteiger partial charge in [0.2, 0.25) is 0 Å². The zero-order valence-electron chi connectivity index (χ0n) is 21.5. The number of benzene rings is 1. The Hall–Kier alpha value is -3.36. The summed E-state index contributed by atoms with van der Waals surface area (Å²) >= 11 is 0. The lowest BCUT2D eigenvalue weighted by atomic mass is 9.85. The van der Waals surface area contributed by atoms with Gasteiger partial charge in [-0.15, -0.1) is 0 Å². The lowest BCUT2D eigenvalue weighted by molar-refractivity contribution is -0.143. The molecule has 1 N–H and O–H groups in total. The number of anilines is 1. The van der Waals surface area contributed by atoms with E-state index >= 15 is 0 Å². The van der Waals surface area contributed by atoms with Crippen LogP contribution in [0.2, 0.25) is 0 Å². The average molecular weight is 494 g/mol. The van der Waals surface area contributed by atoms with Gasteiger partial charge in [-0.3, -0.25) is 14.4 Å². The van der Waals surface area contributed by atoms with Crippen molar-refractivity contribution in [2.45, 2.75) is 83.8 Å². The second-order valence-electron chi connectivity index (χ2n) is 10.5. The molecule has 1 amide bonds. The van der Waals surface area contributed by atoms with E-state index in [9.17, 15) is 14.7 Å². The summed E-state index contributed by atoms with van der Waals surface area (Å²) in [5, 5.41) is 14.0. The van der Waals surface area contributed by atoms with Crippen LogP contribution in [0.25, 0.3) is 11.0 Å². The number of amides is 1. The van der Waals surface area contributed by atoms with Gasteiger partial charge in [-0.25, -0.2) is 9.78 Å². The molecule has 9 nitrogen and oxygen atoms in total. The van der Waals surface area contributed by atoms with E-state index in [4.69, 9.17) is 9.72 Å². The Balaban J connectivity index is 1.60. The molecule has 1 aromatic carbocycles. The third-order valence-corrected chi connectivity index (χ3v) is 7.93. The first-order chi connectivity index (χ1) is 17.3. The zero-order chi connectivity index (χ0) is 25.6. The Labute approximate surface area is 211 Å². The lowest BCUT2D eigenvalue weighted by Crippen LogP contribution is -2.42. The number of fused-ring (bicyclic) bond motifs is 3. The fraction of sp³-hybridized carbons (Fsp3) is 0.556. The molecule has 2 aromatic heterocycles. The quantitative estimate of drug-likeness (QED) is 0.532. The number of methoxy groups -OCH3 is 1. The third kappa shape index (κ3) is 4.24. The van der Waals surface area contributed by atoms with Crippen LogP contribution in [0.15, 0.2) is 24.5 Å². The largest absolute Gasteiger partial charge is 0.481 e. The van der Waals surface area contributed by atoms with Gasteiger partial charge in [0.25, 0.3) is 0 Å². The molecule has 0 saturated heterocycles. The number of aromatic nitrogens is 4. The van der Waals surface area contributed by atoms with Crippen molar-refractivity contribution in [3.05, 3.63) is 41.5 Å². The van der Waals surface area contributed by atoms with Crippen molar-refractivity contribution < 1.29 is 19.4 Å². The lowest BCUT2D eigenvalue weighted by Gasteiger charge is -2.34. The molecular weight excluding hydrogens is 458 g/mol. The van der Waals surface area contributed by atoms with Gasteiger partial charge in [0.1, 0.15) is 5.82 Å². The van der Waals surface area contributed by atoms with Crippen molar-refractivity contribution in [3.63, 3.8) is 0 Å². The van der Waals surface area contributed by atoms with Crippen LogP contribution in [0.4, 0.5) is 10.5 Å². The molecule has 3 heterocycles. The Morgan fingerprint density at radius 2 is 1.94 bits per heavy atom. The molecule has 1 fully saturated rings. The van der Waals surface area contributed by atoms with Gasteiger partial charge in [0.05, 0.1) is 42.5 Å². The van der Waals surface area contributed by atoms with Crippen molar-refractivity contribution >= 4 is 28.8 Å². The predicted molar refractivity (Wildman–Crippen MR) is 136 cm³/mol. The maximum Gasteiger partial charge on any atom is 0.414 e. The summed E-state index contributed by atoms with van der Waals surface area (Å²) in [5.41, 5.74) is 5.07. The number of hydrogen-bond acceptors (Lipinski definition) is 5. The van der Waals surface area contributed by atoms with Crippen LogP contribution in [-0.4, -0.2) is 49.7 Å². The molecule has 1 aliphatic carbocycles. The molecule has 0 radical (unpaired) electrons. The third-order valence-electron chi connectivity index (χ3n) is 7.93. The molecule has 3 aromatic rings. The van der Waals surface area contributed by atoms with Crippen LogP contribution in [0.5, 0.6) is 0 Å². The molecule has 5 rings (SSSR count). The van der Waals surface area contributed by atoms with E-state index in [2.05, 4.69) is 22.7 Å². The molecule has 1 aliphatic heterocycles. The molecule has 0 bridgehead atoms. The molecular formula is C27H35N5O4. The van der Waals surface area contributed by atoms with Crippen LogP contribution in [-0.2, 0) is 22.5 Å². The summed E-state index contributed by atoms with van der Waals surface area (Å²) < 4.78 is 9.41. The summed E-state index contributed by atoms with van der Waals surface area (Å²) in [6.45, 7) is 6.95. The first-order valence-corrected chi connectivity index (χ1v) is 12.9. The van der Waals surface area contributed by atoms with Gasteiger partial charge in [-0.2, -0.15) is 5.10 Å². The van der Waals surface area contributed by atoms with Crippen molar-refractivity contribution in [3.8, 4) is 0 Å². The number of nitrogens with zero attached hydrogens (tertiary/aromatic N) is 5. The molecule has 0 unspecified atom stereocenters. The fourth-order valence-electron chi connectivity index (χ4n) is 6.03. The van der Waals surface area contributed by atoms with Crippen LogP contribution in [0, 0.1) is 12.8 Å². The number of carbonyl (C=O) groups is 2. The van der Waals surface area contributed by atoms with Crippen LogP contribution in [0.3, 0.4) is 0 Å². The first kappa shape index (κ1) is 24.3. The fourth-order valence-corrected chi connectivity index (χ4v) is 6.03. The topological polar surface area (TPSA) is 102 Å². The van der Waals surface area contributed by atoms with E-state index in [1.54, 1.807) is 4.90 Å². The van der Waals surface area contributed by atoms with Gasteiger partial charge >= 0.3 is 12.1 Å². The van der Waals surface area contributed by atoms with E-state index in [0.717, 1.165) is 59.4 Å². The summed E-state index contributed by atoms with van der Waals surface area (Å²) in [7, 11) is 1.42.